The number of hydrogen-bond donors (Lipinski definition) is 0. The minimum atomic E-state index is -4.88. The van der Waals surface area contributed by atoms with Gasteiger partial charge in [-0.05, 0) is 226 Å². The molecule has 4 amide bonds. The molecule has 8 heterocycles. The number of carbonyl (C=O) groups excluding carboxylic acids is 8. The maximum atomic E-state index is 15.2. The van der Waals surface area contributed by atoms with Crippen LogP contribution in [-0.2, 0) is 51.3 Å². The van der Waals surface area contributed by atoms with Gasteiger partial charge in [0.05, 0.1) is 33.4 Å². The Morgan fingerprint density at radius 1 is 0.376 bits per heavy atom. The number of rotatable bonds is 34. The number of halogens is 4. The largest absolute Gasteiger partial charge is 0.573 e. The van der Waals surface area contributed by atoms with Crippen LogP contribution >= 0.6 is 0 Å². The zero-order valence-electron chi connectivity index (χ0n) is 83.0. The molecule has 2 bridgehead atoms. The van der Waals surface area contributed by atoms with Crippen molar-refractivity contribution >= 4 is 113 Å². The van der Waals surface area contributed by atoms with Crippen molar-refractivity contribution in [2.24, 2.45) is 35.5 Å². The maximum absolute atomic E-state index is 15.2. The summed E-state index contributed by atoms with van der Waals surface area (Å²) in [6.07, 6.45) is 21.0. The third kappa shape index (κ3) is 25.5. The van der Waals surface area contributed by atoms with Gasteiger partial charge in [0.25, 0.3) is 0 Å². The van der Waals surface area contributed by atoms with Gasteiger partial charge in [-0.25, -0.2) is 4.39 Å². The fourth-order valence-electron chi connectivity index (χ4n) is 20.9. The van der Waals surface area contributed by atoms with E-state index in [2.05, 4.69) is 109 Å². The lowest BCUT2D eigenvalue weighted by Crippen LogP contribution is -2.51. The number of Topliss-reactive ketones (excluding diaryl/α,β-unsaturated/α-hetero) is 4. The van der Waals surface area contributed by atoms with Crippen molar-refractivity contribution < 1.29 is 60.7 Å². The van der Waals surface area contributed by atoms with Gasteiger partial charge >= 0.3 is 6.36 Å². The van der Waals surface area contributed by atoms with E-state index in [0.29, 0.717) is 186 Å². The summed E-state index contributed by atoms with van der Waals surface area (Å²) in [5.41, 5.74) is 16.2. The number of amides is 4. The Morgan fingerprint density at radius 2 is 0.738 bits per heavy atom. The number of piperazine rings is 4. The predicted molar refractivity (Wildman–Crippen MR) is 551 cm³/mol. The normalized spacial score (nSPS) is 17.4. The standard InChI is InChI=1S/C31H34F3N3O3.C29H35N3O2.C28H34FN3O2.C28H33N3O2/c1-2-6-30(39)37-15-13-36(14-16-37)27-18-24-23(12-11-21-7-4-3-5-8-21)25(28(38)17-22-9-10-22)20-35-26(24)19-29(27)40-31(32,33)34;1-4-8-29(34)32-15-13-31(14-16-32)23-11-12-27-25(19-23)24(18-22-9-6-5-7-10-22)26(20-30-27)28(33)17-21(2)3;1-2-3-28(34)32-8-6-31(7-9-32)26-14-22-21(13-20-18-11-19(20)12-18)23(27(33)10-17-4-5-17)16-30-25(22)15-24(26)29;1-3-8-27(32)25-20-29-26-13-12-22(30-14-16-31(17-15-30)28(33)9-4-2)19-24(26)23(25)18-21-10-6-5-7-11-21/h3-5,7-8,18-20,22H,2,6,9-17H2,1H3;5-7,9-12,19-21H,4,8,13-18H2,1-3H3;14-20H,2-13H2,1H3;5-7,10-13,19-20H,3-4,8-9,14-18H2,1-2H3. The quantitative estimate of drug-likeness (QED) is 0.0270. The van der Waals surface area contributed by atoms with Crippen LogP contribution in [0.4, 0.5) is 40.3 Å². The minimum absolute atomic E-state index is 0.0279. The molecule has 0 radical (unpaired) electrons. The van der Waals surface area contributed by atoms with Gasteiger partial charge in [-0.1, -0.05) is 139 Å². The first-order valence-corrected chi connectivity index (χ1v) is 51.8. The molecule has 4 aliphatic heterocycles. The van der Waals surface area contributed by atoms with Crippen molar-refractivity contribution in [3.63, 3.8) is 0 Å². The Kier molecular flexibility index (Phi) is 33.7. The second-order valence-electron chi connectivity index (χ2n) is 40.2. The number of benzene rings is 7. The van der Waals surface area contributed by atoms with Crippen LogP contribution in [-0.4, -0.2) is 197 Å². The monoisotopic (exact) mass is 1920 g/mol. The zero-order chi connectivity index (χ0) is 99.0. The summed E-state index contributed by atoms with van der Waals surface area (Å²) in [5, 5.41) is 3.68. The van der Waals surface area contributed by atoms with Crippen molar-refractivity contribution in [2.75, 3.05) is 124 Å². The van der Waals surface area contributed by atoms with Crippen LogP contribution in [0.15, 0.2) is 176 Å². The molecule has 11 aromatic rings. The molecule has 5 aliphatic carbocycles. The fourth-order valence-corrected chi connectivity index (χ4v) is 20.9. The van der Waals surface area contributed by atoms with E-state index in [9.17, 15) is 51.5 Å². The number of aromatic nitrogens is 4. The number of pyridine rings is 4. The van der Waals surface area contributed by atoms with Crippen LogP contribution in [0.3, 0.4) is 0 Å². The first-order valence-electron chi connectivity index (χ1n) is 51.8. The molecule has 9 aliphatic rings. The first kappa shape index (κ1) is 101. The Labute approximate surface area is 826 Å². The lowest BCUT2D eigenvalue weighted by Gasteiger charge is -2.58. The highest BCUT2D eigenvalue weighted by atomic mass is 19.4. The van der Waals surface area contributed by atoms with E-state index >= 15 is 4.39 Å². The maximum Gasteiger partial charge on any atom is 0.573 e. The van der Waals surface area contributed by atoms with E-state index in [1.165, 1.54) is 36.2 Å². The second-order valence-corrected chi connectivity index (χ2v) is 40.2. The topological polar surface area (TPSA) is 223 Å². The molecular formula is C116H136F4N12O9. The van der Waals surface area contributed by atoms with Gasteiger partial charge in [-0.15, -0.1) is 13.2 Å². The van der Waals surface area contributed by atoms with Crippen LogP contribution in [0.25, 0.3) is 43.6 Å². The molecule has 21 nitrogen and oxygen atoms in total. The van der Waals surface area contributed by atoms with E-state index in [0.717, 1.165) is 211 Å². The van der Waals surface area contributed by atoms with Crippen LogP contribution in [0.5, 0.6) is 5.75 Å². The second kappa shape index (κ2) is 46.9. The SMILES string of the molecule is CCCC(=O)N1CCN(c2cc3c(CC4C5CC4C5)c(C(=O)CC4CC4)cnc3cc2F)CC1.CCCC(=O)N1CCN(c2cc3c(CCc4ccccc4)c(C(=O)CC4CC4)cnc3cc2OC(F)(F)F)CC1.CCCC(=O)N1CCN(c2ccc3ncc(C(=O)CC(C)C)c(Cc4ccccc4)c3c2)CC1.CCCC(=O)c1cnc2ccc(N3CCN(C(=O)CCC)CC3)cc2c1Cc1ccccc1. The molecule has 9 fully saturated rings. The Hall–Kier alpha value is -12.5. The van der Waals surface area contributed by atoms with Gasteiger partial charge in [-0.2, -0.15) is 0 Å². The van der Waals surface area contributed by atoms with Gasteiger partial charge in [-0.3, -0.25) is 58.3 Å². The number of hydrogen-bond acceptors (Lipinski definition) is 17. The molecule has 25 heteroatoms. The summed E-state index contributed by atoms with van der Waals surface area (Å²) < 4.78 is 60.1. The molecule has 4 aromatic heterocycles. The lowest BCUT2D eigenvalue weighted by atomic mass is 9.47. The van der Waals surface area contributed by atoms with E-state index < -0.39 is 6.36 Å². The van der Waals surface area contributed by atoms with Crippen molar-refractivity contribution in [1.29, 1.82) is 0 Å². The predicted octanol–water partition coefficient (Wildman–Crippen LogP) is 22.1. The number of alkyl halides is 3. The van der Waals surface area contributed by atoms with Crippen LogP contribution in [0.2, 0.25) is 0 Å². The number of aryl methyl sites for hydroxylation is 2. The van der Waals surface area contributed by atoms with Crippen molar-refractivity contribution in [1.82, 2.24) is 39.5 Å². The number of nitrogens with zero attached hydrogens (tertiary/aromatic N) is 12. The van der Waals surface area contributed by atoms with E-state index in [4.69, 9.17) is 0 Å². The van der Waals surface area contributed by atoms with Crippen molar-refractivity contribution in [3.8, 4) is 5.75 Å². The molecule has 20 rings (SSSR count). The molecular weight excluding hydrogens is 1780 g/mol. The fraction of sp³-hybridized carbons (Fsp3) is 0.466. The summed E-state index contributed by atoms with van der Waals surface area (Å²) in [6, 6.07) is 49.8. The van der Waals surface area contributed by atoms with Crippen LogP contribution < -0.4 is 24.3 Å². The van der Waals surface area contributed by atoms with Gasteiger partial charge in [0.1, 0.15) is 5.82 Å². The van der Waals surface area contributed by atoms with Gasteiger partial charge < -0.3 is 43.9 Å². The molecule has 742 valence electrons. The summed E-state index contributed by atoms with van der Waals surface area (Å²) in [7, 11) is 0. The highest BCUT2D eigenvalue weighted by molar-refractivity contribution is 6.06. The van der Waals surface area contributed by atoms with E-state index in [-0.39, 0.29) is 58.3 Å². The number of ketones is 4. The summed E-state index contributed by atoms with van der Waals surface area (Å²) >= 11 is 0. The molecule has 0 spiro atoms. The Bertz CT molecular complexity index is 6270. The van der Waals surface area contributed by atoms with Crippen molar-refractivity contribution in [2.45, 2.75) is 209 Å². The van der Waals surface area contributed by atoms with E-state index in [1.54, 1.807) is 35.6 Å². The Morgan fingerprint density at radius 3 is 1.13 bits per heavy atom. The highest BCUT2D eigenvalue weighted by Gasteiger charge is 2.52. The average molecular weight is 1920 g/mol. The smallest absolute Gasteiger partial charge is 0.403 e. The number of anilines is 4. The Balaban J connectivity index is 0.000000136. The molecule has 7 aromatic carbocycles. The van der Waals surface area contributed by atoms with Gasteiger partial charge in [0.2, 0.25) is 23.6 Å². The molecule has 4 saturated heterocycles. The average Bonchev–Trinajstić information content (AvgIpc) is 1.68. The molecule has 5 saturated carbocycles. The number of fused-ring (bicyclic) bond motifs is 4. The first-order chi connectivity index (χ1) is 68.3. The third-order valence-electron chi connectivity index (χ3n) is 29.5. The number of ether oxygens (including phenoxy) is 1. The minimum Gasteiger partial charge on any atom is -0.403 e. The molecule has 0 atom stereocenters. The highest BCUT2D eigenvalue weighted by Crippen LogP contribution is 2.60. The van der Waals surface area contributed by atoms with Crippen molar-refractivity contribution in [3.05, 3.63) is 243 Å². The van der Waals surface area contributed by atoms with Crippen LogP contribution in [0, 0.1) is 41.3 Å². The van der Waals surface area contributed by atoms with Gasteiger partial charge in [0, 0.05) is 248 Å². The summed E-state index contributed by atoms with van der Waals surface area (Å²) in [4.78, 5) is 136. The molecule has 141 heavy (non-hydrogen) atoms. The zero-order valence-corrected chi connectivity index (χ0v) is 83.0. The third-order valence-corrected chi connectivity index (χ3v) is 29.5. The molecule has 0 N–H and O–H groups in total. The van der Waals surface area contributed by atoms with Gasteiger partial charge in [0.15, 0.2) is 28.9 Å². The summed E-state index contributed by atoms with van der Waals surface area (Å²) in [6.45, 7) is 24.6. The summed E-state index contributed by atoms with van der Waals surface area (Å²) in [5.74, 6) is 4.18. The van der Waals surface area contributed by atoms with E-state index in [1.807, 2.05) is 132 Å². The molecule has 0 unspecified atom stereocenters. The lowest BCUT2D eigenvalue weighted by molar-refractivity contribution is -0.274. The number of carbonyl (C=O) groups is 8. The van der Waals surface area contributed by atoms with Crippen LogP contribution in [0.1, 0.15) is 251 Å².